The first-order valence-corrected chi connectivity index (χ1v) is 14.9. The smallest absolute Gasteiger partial charge is 0.252 e. The van der Waals surface area contributed by atoms with Crippen LogP contribution in [0.5, 0.6) is 17.2 Å². The number of hydrogen-bond donors (Lipinski definition) is 2. The molecule has 45 heavy (non-hydrogen) atoms. The molecule has 0 aliphatic carbocycles. The molecule has 0 aromatic heterocycles. The van der Waals surface area contributed by atoms with Crippen LogP contribution in [0.15, 0.2) is 115 Å². The predicted octanol–water partition coefficient (Wildman–Crippen LogP) is 6.28. The molecule has 4 aromatic rings. The third-order valence-corrected chi connectivity index (χ3v) is 7.74. The van der Waals surface area contributed by atoms with Crippen molar-refractivity contribution in [2.45, 2.75) is 31.0 Å². The van der Waals surface area contributed by atoms with Gasteiger partial charge in [-0.2, -0.15) is 0 Å². The van der Waals surface area contributed by atoms with Gasteiger partial charge in [-0.25, -0.2) is 4.99 Å². The molecule has 1 amide bonds. The van der Waals surface area contributed by atoms with Crippen molar-refractivity contribution in [3.8, 4) is 28.4 Å². The van der Waals surface area contributed by atoms with Crippen LogP contribution in [-0.2, 0) is 16.1 Å². The number of rotatable bonds is 14. The van der Waals surface area contributed by atoms with E-state index in [0.29, 0.717) is 41.7 Å². The Morgan fingerprint density at radius 1 is 0.933 bits per heavy atom. The molecule has 8 heteroatoms. The van der Waals surface area contributed by atoms with Crippen LogP contribution in [0, 0.1) is 0 Å². The Kier molecular flexibility index (Phi) is 10.2. The number of aliphatic imine (C=N–C) groups is 1. The molecule has 0 saturated heterocycles. The Labute approximate surface area is 264 Å². The topological polar surface area (TPSA) is 98.6 Å². The van der Waals surface area contributed by atoms with Crippen molar-refractivity contribution < 1.29 is 28.8 Å². The molecule has 2 atom stereocenters. The molecular formula is C37H38N2O6. The molecule has 0 bridgehead atoms. The van der Waals surface area contributed by atoms with Crippen LogP contribution in [0.2, 0.25) is 0 Å². The van der Waals surface area contributed by atoms with Gasteiger partial charge in [-0.1, -0.05) is 60.7 Å². The van der Waals surface area contributed by atoms with Crippen molar-refractivity contribution in [3.63, 3.8) is 0 Å². The van der Waals surface area contributed by atoms with E-state index in [1.54, 1.807) is 26.4 Å². The Morgan fingerprint density at radius 2 is 1.62 bits per heavy atom. The first-order valence-electron chi connectivity index (χ1n) is 14.9. The maximum atomic E-state index is 14.3. The van der Waals surface area contributed by atoms with Crippen molar-refractivity contribution in [3.05, 3.63) is 126 Å². The van der Waals surface area contributed by atoms with Crippen molar-refractivity contribution in [1.29, 1.82) is 0 Å². The Morgan fingerprint density at radius 3 is 2.29 bits per heavy atom. The first-order chi connectivity index (χ1) is 22.0. The van der Waals surface area contributed by atoms with Crippen molar-refractivity contribution in [1.82, 2.24) is 5.32 Å². The van der Waals surface area contributed by atoms with Gasteiger partial charge in [-0.05, 0) is 53.1 Å². The molecule has 0 saturated carbocycles. The van der Waals surface area contributed by atoms with E-state index in [-0.39, 0.29) is 25.5 Å². The predicted molar refractivity (Wildman–Crippen MR) is 175 cm³/mol. The van der Waals surface area contributed by atoms with E-state index in [1.165, 1.54) is 0 Å². The molecule has 0 radical (unpaired) electrons. The number of aliphatic hydroxyl groups excluding tert-OH is 1. The standard InChI is InChI=1S/C37H38N2O6/c1-4-21-37(36(41)38-25-30-17-20-32(42-2)24-33(30)43-3)34(28-13-11-27(12-14-28)26-9-6-5-7-10-26)45-35(39-37)29-15-18-31(19-16-29)44-23-8-22-40/h4-7,9-20,24,34,40H,1,8,21-23,25H2,2-3H3,(H,38,41)/t34-,37-/m1/s1. The number of hydrogen-bond acceptors (Lipinski definition) is 7. The number of carbonyl (C=O) groups is 1. The summed E-state index contributed by atoms with van der Waals surface area (Å²) in [4.78, 5) is 19.2. The minimum Gasteiger partial charge on any atom is -0.497 e. The fourth-order valence-electron chi connectivity index (χ4n) is 5.34. The molecular weight excluding hydrogens is 568 g/mol. The van der Waals surface area contributed by atoms with Gasteiger partial charge in [-0.15, -0.1) is 6.58 Å². The summed E-state index contributed by atoms with van der Waals surface area (Å²) in [6.45, 7) is 4.66. The first kappa shape index (κ1) is 31.3. The summed E-state index contributed by atoms with van der Waals surface area (Å²) in [6.07, 6.45) is 1.78. The zero-order valence-electron chi connectivity index (χ0n) is 25.6. The number of benzene rings is 4. The van der Waals surface area contributed by atoms with E-state index in [4.69, 9.17) is 29.0 Å². The molecule has 0 spiro atoms. The number of aliphatic hydroxyl groups is 1. The second-order valence-electron chi connectivity index (χ2n) is 10.6. The number of carbonyl (C=O) groups excluding carboxylic acids is 1. The summed E-state index contributed by atoms with van der Waals surface area (Å²) < 4.78 is 23.1. The second-order valence-corrected chi connectivity index (χ2v) is 10.6. The van der Waals surface area contributed by atoms with Gasteiger partial charge >= 0.3 is 0 Å². The van der Waals surface area contributed by atoms with Gasteiger partial charge < -0.3 is 29.4 Å². The van der Waals surface area contributed by atoms with Gasteiger partial charge in [0.25, 0.3) is 5.91 Å². The minimum atomic E-state index is -1.32. The summed E-state index contributed by atoms with van der Waals surface area (Å²) >= 11 is 0. The molecule has 232 valence electrons. The second kappa shape index (κ2) is 14.6. The van der Waals surface area contributed by atoms with Crippen LogP contribution in [-0.4, -0.2) is 49.9 Å². The van der Waals surface area contributed by atoms with Gasteiger partial charge in [0.2, 0.25) is 5.90 Å². The molecule has 1 aliphatic heterocycles. The maximum absolute atomic E-state index is 14.3. The quantitative estimate of drug-likeness (QED) is 0.130. The van der Waals surface area contributed by atoms with Gasteiger partial charge in [-0.3, -0.25) is 4.79 Å². The van der Waals surface area contributed by atoms with Crippen LogP contribution in [0.3, 0.4) is 0 Å². The highest BCUT2D eigenvalue weighted by Gasteiger charge is 2.52. The highest BCUT2D eigenvalue weighted by Crippen LogP contribution is 2.43. The van der Waals surface area contributed by atoms with E-state index in [0.717, 1.165) is 22.3 Å². The van der Waals surface area contributed by atoms with Gasteiger partial charge in [0.05, 0.1) is 20.8 Å². The van der Waals surface area contributed by atoms with E-state index in [9.17, 15) is 4.79 Å². The van der Waals surface area contributed by atoms with Crippen molar-refractivity contribution in [2.24, 2.45) is 4.99 Å². The summed E-state index contributed by atoms with van der Waals surface area (Å²) in [6, 6.07) is 31.0. The van der Waals surface area contributed by atoms with Crippen LogP contribution < -0.4 is 19.5 Å². The molecule has 4 aromatic carbocycles. The van der Waals surface area contributed by atoms with Crippen LogP contribution in [0.25, 0.3) is 11.1 Å². The molecule has 0 fully saturated rings. The van der Waals surface area contributed by atoms with Gasteiger partial charge in [0.1, 0.15) is 17.2 Å². The molecule has 8 nitrogen and oxygen atoms in total. The lowest BCUT2D eigenvalue weighted by Gasteiger charge is -2.30. The third kappa shape index (κ3) is 7.02. The largest absolute Gasteiger partial charge is 0.497 e. The fourth-order valence-corrected chi connectivity index (χ4v) is 5.34. The maximum Gasteiger partial charge on any atom is 0.252 e. The van der Waals surface area contributed by atoms with Crippen LogP contribution >= 0.6 is 0 Å². The number of nitrogens with zero attached hydrogens (tertiary/aromatic N) is 1. The summed E-state index contributed by atoms with van der Waals surface area (Å²) in [7, 11) is 3.17. The van der Waals surface area contributed by atoms with E-state index in [1.807, 2.05) is 78.9 Å². The third-order valence-electron chi connectivity index (χ3n) is 7.74. The highest BCUT2D eigenvalue weighted by atomic mass is 16.5. The van der Waals surface area contributed by atoms with E-state index in [2.05, 4.69) is 24.0 Å². The summed E-state index contributed by atoms with van der Waals surface area (Å²) in [5.74, 6) is 1.99. The number of nitrogens with one attached hydrogen (secondary N) is 1. The average Bonchev–Trinajstić information content (AvgIpc) is 3.48. The van der Waals surface area contributed by atoms with E-state index < -0.39 is 11.6 Å². The lowest BCUT2D eigenvalue weighted by molar-refractivity contribution is -0.129. The zero-order chi connectivity index (χ0) is 31.6. The molecule has 1 aliphatic rings. The minimum absolute atomic E-state index is 0.0646. The normalized spacial score (nSPS) is 17.1. The average molecular weight is 607 g/mol. The van der Waals surface area contributed by atoms with Gasteiger partial charge in [0.15, 0.2) is 11.6 Å². The molecule has 5 rings (SSSR count). The molecule has 2 N–H and O–H groups in total. The molecule has 0 unspecified atom stereocenters. The SMILES string of the molecule is C=CC[C@@]1(C(=O)NCc2ccc(OC)cc2OC)N=C(c2ccc(OCCCO)cc2)O[C@@H]1c1ccc(-c2ccccc2)cc1. The number of ether oxygens (including phenoxy) is 4. The lowest BCUT2D eigenvalue weighted by atomic mass is 9.84. The Bertz CT molecular complexity index is 1620. The lowest BCUT2D eigenvalue weighted by Crippen LogP contribution is -2.47. The zero-order valence-corrected chi connectivity index (χ0v) is 25.6. The monoisotopic (exact) mass is 606 g/mol. The van der Waals surface area contributed by atoms with Crippen LogP contribution in [0.1, 0.15) is 35.6 Å². The summed E-state index contributed by atoms with van der Waals surface area (Å²) in [5, 5.41) is 12.1. The van der Waals surface area contributed by atoms with Crippen molar-refractivity contribution >= 4 is 11.8 Å². The highest BCUT2D eigenvalue weighted by molar-refractivity contribution is 6.01. The fraction of sp³-hybridized carbons (Fsp3) is 0.243. The Hall–Kier alpha value is -5.08. The molecule has 1 heterocycles. The number of amides is 1. The summed E-state index contributed by atoms with van der Waals surface area (Å²) in [5.41, 5.74) is 3.16. The number of methoxy groups -OCH3 is 2. The van der Waals surface area contributed by atoms with E-state index >= 15 is 0 Å². The van der Waals surface area contributed by atoms with Crippen LogP contribution in [0.4, 0.5) is 0 Å². The van der Waals surface area contributed by atoms with Gasteiger partial charge in [0, 0.05) is 43.2 Å². The Balaban J connectivity index is 1.48. The van der Waals surface area contributed by atoms with Crippen molar-refractivity contribution in [2.75, 3.05) is 27.4 Å².